The third-order valence-corrected chi connectivity index (χ3v) is 5.08. The molecule has 6 nitrogen and oxygen atoms in total. The summed E-state index contributed by atoms with van der Waals surface area (Å²) < 4.78 is 33.2. The fourth-order valence-electron chi connectivity index (χ4n) is 2.58. The van der Waals surface area contributed by atoms with E-state index in [0.717, 1.165) is 5.56 Å². The molecular weight excluding hydrogens is 390 g/mol. The quantitative estimate of drug-likeness (QED) is 0.530. The van der Waals surface area contributed by atoms with E-state index in [9.17, 15) is 13.2 Å². The van der Waals surface area contributed by atoms with Gasteiger partial charge >= 0.3 is 5.97 Å². The molecule has 0 spiro atoms. The molecule has 2 rings (SSSR count). The maximum Gasteiger partial charge on any atom is 0.313 e. The molecule has 0 saturated carbocycles. The van der Waals surface area contributed by atoms with Crippen molar-refractivity contribution in [1.29, 1.82) is 0 Å². The first-order valence-corrected chi connectivity index (χ1v) is 10.3. The van der Waals surface area contributed by atoms with Gasteiger partial charge in [0.25, 0.3) is 0 Å². The Balaban J connectivity index is 1.88. The zero-order chi connectivity index (χ0) is 20.0. The normalized spacial score (nSPS) is 12.6. The van der Waals surface area contributed by atoms with Crippen molar-refractivity contribution < 1.29 is 22.7 Å². The summed E-state index contributed by atoms with van der Waals surface area (Å²) in [6, 6.07) is 12.8. The summed E-state index contributed by atoms with van der Waals surface area (Å²) in [7, 11) is -3.74. The second-order valence-corrected chi connectivity index (χ2v) is 8.30. The average molecular weight is 412 g/mol. The van der Waals surface area contributed by atoms with Crippen LogP contribution in [-0.2, 0) is 19.6 Å². The molecule has 8 heteroatoms. The van der Waals surface area contributed by atoms with Crippen molar-refractivity contribution in [3.8, 4) is 5.75 Å². The van der Waals surface area contributed by atoms with Gasteiger partial charge in [-0.2, -0.15) is 0 Å². The second kappa shape index (κ2) is 9.21. The molecule has 2 aromatic rings. The minimum atomic E-state index is -3.74. The highest BCUT2D eigenvalue weighted by Crippen LogP contribution is 2.27. The minimum absolute atomic E-state index is 0.00372. The van der Waals surface area contributed by atoms with E-state index in [-0.39, 0.29) is 30.0 Å². The standard InChI is InChI=1S/C19H22ClNO5S/c1-13(2)18(14-3-5-15(20)6-4-14)19(22)26-12-11-25-16-7-9-17(10-8-16)27(21,23)24/h3-10,13,18H,11-12H2,1-2H3,(H2,21,23,24). The van der Waals surface area contributed by atoms with Gasteiger partial charge in [0.15, 0.2) is 0 Å². The third kappa shape index (κ3) is 6.23. The van der Waals surface area contributed by atoms with Crippen LogP contribution in [0.4, 0.5) is 0 Å². The van der Waals surface area contributed by atoms with Gasteiger partial charge in [0, 0.05) is 5.02 Å². The Hall–Kier alpha value is -2.09. The molecule has 0 fully saturated rings. The monoisotopic (exact) mass is 411 g/mol. The first-order valence-electron chi connectivity index (χ1n) is 8.36. The van der Waals surface area contributed by atoms with Gasteiger partial charge in [-0.25, -0.2) is 13.6 Å². The fourth-order valence-corrected chi connectivity index (χ4v) is 3.22. The molecule has 0 heterocycles. The van der Waals surface area contributed by atoms with Crippen LogP contribution >= 0.6 is 11.6 Å². The van der Waals surface area contributed by atoms with E-state index in [2.05, 4.69) is 0 Å². The number of rotatable bonds is 8. The number of nitrogens with two attached hydrogens (primary N) is 1. The van der Waals surface area contributed by atoms with Crippen molar-refractivity contribution in [1.82, 2.24) is 0 Å². The fraction of sp³-hybridized carbons (Fsp3) is 0.316. The number of carbonyl (C=O) groups is 1. The number of hydrogen-bond donors (Lipinski definition) is 1. The SMILES string of the molecule is CC(C)C(C(=O)OCCOc1ccc(S(N)(=O)=O)cc1)c1ccc(Cl)cc1. The molecule has 0 aliphatic heterocycles. The van der Waals surface area contributed by atoms with Crippen LogP contribution in [0.25, 0.3) is 0 Å². The number of primary sulfonamides is 1. The molecular formula is C19H22ClNO5S. The van der Waals surface area contributed by atoms with Crippen molar-refractivity contribution in [2.24, 2.45) is 11.1 Å². The summed E-state index contributed by atoms with van der Waals surface area (Å²) in [5.41, 5.74) is 0.846. The van der Waals surface area contributed by atoms with Crippen molar-refractivity contribution in [2.75, 3.05) is 13.2 Å². The number of benzene rings is 2. The van der Waals surface area contributed by atoms with Crippen LogP contribution in [0.3, 0.4) is 0 Å². The van der Waals surface area contributed by atoms with Crippen molar-refractivity contribution >= 4 is 27.6 Å². The Morgan fingerprint density at radius 2 is 1.63 bits per heavy atom. The third-order valence-electron chi connectivity index (χ3n) is 3.90. The summed E-state index contributed by atoms with van der Waals surface area (Å²) in [4.78, 5) is 12.4. The first kappa shape index (κ1) is 21.2. The van der Waals surface area contributed by atoms with E-state index in [4.69, 9.17) is 26.2 Å². The van der Waals surface area contributed by atoms with E-state index < -0.39 is 15.9 Å². The summed E-state index contributed by atoms with van der Waals surface area (Å²) in [5, 5.41) is 5.65. The largest absolute Gasteiger partial charge is 0.490 e. The molecule has 0 saturated heterocycles. The lowest BCUT2D eigenvalue weighted by Gasteiger charge is -2.20. The van der Waals surface area contributed by atoms with Crippen molar-refractivity contribution in [3.05, 3.63) is 59.1 Å². The Morgan fingerprint density at radius 1 is 1.04 bits per heavy atom. The number of sulfonamides is 1. The summed E-state index contributed by atoms with van der Waals surface area (Å²) in [6.07, 6.45) is 0. The van der Waals surface area contributed by atoms with Gasteiger partial charge in [-0.3, -0.25) is 4.79 Å². The highest BCUT2D eigenvalue weighted by atomic mass is 35.5. The van der Waals surface area contributed by atoms with Crippen LogP contribution in [0, 0.1) is 5.92 Å². The maximum absolute atomic E-state index is 12.4. The number of ether oxygens (including phenoxy) is 2. The van der Waals surface area contributed by atoms with Crippen LogP contribution in [0.1, 0.15) is 25.3 Å². The second-order valence-electron chi connectivity index (χ2n) is 6.31. The van der Waals surface area contributed by atoms with Crippen LogP contribution in [0.5, 0.6) is 5.75 Å². The van der Waals surface area contributed by atoms with Crippen LogP contribution in [0.2, 0.25) is 5.02 Å². The maximum atomic E-state index is 12.4. The lowest BCUT2D eigenvalue weighted by Crippen LogP contribution is -2.23. The Morgan fingerprint density at radius 3 is 2.15 bits per heavy atom. The van der Waals surface area contributed by atoms with Gasteiger partial charge < -0.3 is 9.47 Å². The lowest BCUT2D eigenvalue weighted by atomic mass is 9.88. The summed E-state index contributed by atoms with van der Waals surface area (Å²) in [5.74, 6) is -0.210. The molecule has 0 aliphatic rings. The predicted octanol–water partition coefficient (Wildman–Crippen LogP) is 3.35. The van der Waals surface area contributed by atoms with Crippen molar-refractivity contribution in [3.63, 3.8) is 0 Å². The number of esters is 1. The van der Waals surface area contributed by atoms with E-state index >= 15 is 0 Å². The summed E-state index contributed by atoms with van der Waals surface area (Å²) in [6.45, 7) is 4.12. The summed E-state index contributed by atoms with van der Waals surface area (Å²) >= 11 is 5.90. The molecule has 1 unspecified atom stereocenters. The van der Waals surface area contributed by atoms with E-state index in [0.29, 0.717) is 10.8 Å². The van der Waals surface area contributed by atoms with E-state index in [1.165, 1.54) is 24.3 Å². The van der Waals surface area contributed by atoms with Gasteiger partial charge in [0.2, 0.25) is 10.0 Å². The Kier molecular flexibility index (Phi) is 7.24. The van der Waals surface area contributed by atoms with Gasteiger partial charge in [0.1, 0.15) is 19.0 Å². The number of halogens is 1. The highest BCUT2D eigenvalue weighted by molar-refractivity contribution is 7.89. The zero-order valence-electron chi connectivity index (χ0n) is 15.1. The molecule has 0 aliphatic carbocycles. The highest BCUT2D eigenvalue weighted by Gasteiger charge is 2.25. The Labute approximate surface area is 164 Å². The molecule has 0 radical (unpaired) electrons. The molecule has 0 bridgehead atoms. The average Bonchev–Trinajstić information content (AvgIpc) is 2.60. The molecule has 0 aromatic heterocycles. The Bertz CT molecular complexity index is 864. The number of carbonyl (C=O) groups excluding carboxylic acids is 1. The van der Waals surface area contributed by atoms with E-state index in [1.807, 2.05) is 26.0 Å². The van der Waals surface area contributed by atoms with Gasteiger partial charge in [-0.05, 0) is 47.9 Å². The molecule has 146 valence electrons. The van der Waals surface area contributed by atoms with Gasteiger partial charge in [-0.1, -0.05) is 37.6 Å². The lowest BCUT2D eigenvalue weighted by molar-refractivity contribution is -0.147. The minimum Gasteiger partial charge on any atom is -0.490 e. The zero-order valence-corrected chi connectivity index (χ0v) is 16.7. The van der Waals surface area contributed by atoms with E-state index in [1.54, 1.807) is 12.1 Å². The first-order chi connectivity index (χ1) is 12.7. The smallest absolute Gasteiger partial charge is 0.313 e. The van der Waals surface area contributed by atoms with Crippen LogP contribution in [0.15, 0.2) is 53.4 Å². The molecule has 2 aromatic carbocycles. The molecule has 27 heavy (non-hydrogen) atoms. The topological polar surface area (TPSA) is 95.7 Å². The van der Waals surface area contributed by atoms with Crippen LogP contribution < -0.4 is 9.88 Å². The molecule has 2 N–H and O–H groups in total. The van der Waals surface area contributed by atoms with Gasteiger partial charge in [0.05, 0.1) is 10.8 Å². The molecule has 1 atom stereocenters. The predicted molar refractivity (Wildman–Crippen MR) is 103 cm³/mol. The van der Waals surface area contributed by atoms with Crippen LogP contribution in [-0.4, -0.2) is 27.6 Å². The van der Waals surface area contributed by atoms with Crippen molar-refractivity contribution in [2.45, 2.75) is 24.7 Å². The number of hydrogen-bond acceptors (Lipinski definition) is 5. The van der Waals surface area contributed by atoms with Gasteiger partial charge in [-0.15, -0.1) is 0 Å². The molecule has 0 amide bonds.